The SMILES string of the molecule is O=c1cnc2ccccc2n1Cc1ccc(-c2ccc3[nH]ccc3c2)cc1F. The van der Waals surface area contributed by atoms with Gasteiger partial charge in [0.05, 0.1) is 23.8 Å². The average molecular weight is 369 g/mol. The standard InChI is InChI=1S/C23H16FN3O/c24-19-12-16(15-7-8-20-17(11-15)9-10-25-20)5-6-18(19)14-27-22-4-2-1-3-21(22)26-13-23(27)28/h1-13,25H,14H2. The second kappa shape index (κ2) is 6.46. The van der Waals surface area contributed by atoms with E-state index in [2.05, 4.69) is 9.97 Å². The summed E-state index contributed by atoms with van der Waals surface area (Å²) in [7, 11) is 0. The van der Waals surface area contributed by atoms with Gasteiger partial charge in [0.25, 0.3) is 5.56 Å². The summed E-state index contributed by atoms with van der Waals surface area (Å²) in [6.07, 6.45) is 3.16. The van der Waals surface area contributed by atoms with E-state index in [1.165, 1.54) is 12.3 Å². The third-order valence-electron chi connectivity index (χ3n) is 5.02. The molecule has 0 spiro atoms. The van der Waals surface area contributed by atoms with Crippen LogP contribution in [0, 0.1) is 5.82 Å². The highest BCUT2D eigenvalue weighted by Crippen LogP contribution is 2.26. The zero-order valence-electron chi connectivity index (χ0n) is 14.9. The summed E-state index contributed by atoms with van der Waals surface area (Å²) in [4.78, 5) is 19.6. The van der Waals surface area contributed by atoms with Gasteiger partial charge in [0.2, 0.25) is 0 Å². The van der Waals surface area contributed by atoms with Gasteiger partial charge in [-0.1, -0.05) is 30.3 Å². The lowest BCUT2D eigenvalue weighted by atomic mass is 10.0. The van der Waals surface area contributed by atoms with E-state index in [0.29, 0.717) is 16.6 Å². The Hall–Kier alpha value is -3.73. The van der Waals surface area contributed by atoms with Crippen LogP contribution in [0.2, 0.25) is 0 Å². The van der Waals surface area contributed by atoms with Gasteiger partial charge in [0.15, 0.2) is 0 Å². The molecule has 3 aromatic carbocycles. The first-order valence-electron chi connectivity index (χ1n) is 8.99. The maximum absolute atomic E-state index is 14.9. The van der Waals surface area contributed by atoms with Crippen LogP contribution in [0.25, 0.3) is 33.1 Å². The number of halogens is 1. The highest BCUT2D eigenvalue weighted by atomic mass is 19.1. The third kappa shape index (κ3) is 2.77. The summed E-state index contributed by atoms with van der Waals surface area (Å²) < 4.78 is 16.4. The van der Waals surface area contributed by atoms with E-state index in [1.54, 1.807) is 10.6 Å². The van der Waals surface area contributed by atoms with Gasteiger partial charge in [-0.05, 0) is 52.9 Å². The second-order valence-electron chi connectivity index (χ2n) is 6.76. The third-order valence-corrected chi connectivity index (χ3v) is 5.02. The largest absolute Gasteiger partial charge is 0.361 e. The van der Waals surface area contributed by atoms with Crippen molar-refractivity contribution in [3.63, 3.8) is 0 Å². The summed E-state index contributed by atoms with van der Waals surface area (Å²) in [6, 6.07) is 20.5. The van der Waals surface area contributed by atoms with Crippen molar-refractivity contribution in [3.8, 4) is 11.1 Å². The minimum atomic E-state index is -0.334. The van der Waals surface area contributed by atoms with Crippen molar-refractivity contribution in [2.45, 2.75) is 6.54 Å². The molecule has 0 saturated carbocycles. The number of fused-ring (bicyclic) bond motifs is 2. The van der Waals surface area contributed by atoms with Crippen LogP contribution in [-0.4, -0.2) is 14.5 Å². The molecule has 136 valence electrons. The molecule has 1 N–H and O–H groups in total. The number of nitrogens with zero attached hydrogens (tertiary/aromatic N) is 2. The number of aromatic amines is 1. The number of rotatable bonds is 3. The summed E-state index contributed by atoms with van der Waals surface area (Å²) in [5, 5.41) is 1.08. The molecule has 0 atom stereocenters. The summed E-state index contributed by atoms with van der Waals surface area (Å²) in [6.45, 7) is 0.158. The molecule has 0 unspecified atom stereocenters. The molecule has 4 nitrogen and oxygen atoms in total. The smallest absolute Gasteiger partial charge is 0.269 e. The van der Waals surface area contributed by atoms with Crippen LogP contribution >= 0.6 is 0 Å². The number of aromatic nitrogens is 3. The number of hydrogen-bond acceptors (Lipinski definition) is 2. The molecule has 2 aromatic heterocycles. The molecule has 0 fully saturated rings. The van der Waals surface area contributed by atoms with E-state index in [1.807, 2.05) is 60.8 Å². The topological polar surface area (TPSA) is 50.7 Å². The molecule has 0 bridgehead atoms. The molecule has 5 heteroatoms. The van der Waals surface area contributed by atoms with Gasteiger partial charge < -0.3 is 9.55 Å². The van der Waals surface area contributed by atoms with Crippen LogP contribution in [0.5, 0.6) is 0 Å². The maximum atomic E-state index is 14.9. The molecule has 28 heavy (non-hydrogen) atoms. The lowest BCUT2D eigenvalue weighted by molar-refractivity contribution is 0.599. The van der Waals surface area contributed by atoms with Crippen LogP contribution in [0.15, 0.2) is 83.9 Å². The minimum absolute atomic E-state index is 0.158. The zero-order chi connectivity index (χ0) is 19.1. The zero-order valence-corrected chi connectivity index (χ0v) is 14.9. The van der Waals surface area contributed by atoms with E-state index in [9.17, 15) is 9.18 Å². The fourth-order valence-electron chi connectivity index (χ4n) is 3.54. The van der Waals surface area contributed by atoms with Crippen LogP contribution in [0.1, 0.15) is 5.56 Å². The molecule has 0 amide bonds. The van der Waals surface area contributed by atoms with Crippen LogP contribution in [0.3, 0.4) is 0 Å². The molecule has 0 aliphatic rings. The van der Waals surface area contributed by atoms with Gasteiger partial charge in [-0.3, -0.25) is 4.79 Å². The minimum Gasteiger partial charge on any atom is -0.361 e. The number of H-pyrrole nitrogens is 1. The Morgan fingerprint density at radius 1 is 0.964 bits per heavy atom. The van der Waals surface area contributed by atoms with E-state index in [4.69, 9.17) is 0 Å². The number of para-hydroxylation sites is 2. The van der Waals surface area contributed by atoms with E-state index in [-0.39, 0.29) is 17.9 Å². The van der Waals surface area contributed by atoms with Crippen molar-refractivity contribution in [3.05, 3.63) is 101 Å². The fraction of sp³-hybridized carbons (Fsp3) is 0.0435. The Labute approximate surface area is 159 Å². The molecule has 2 heterocycles. The first-order valence-corrected chi connectivity index (χ1v) is 8.99. The van der Waals surface area contributed by atoms with Gasteiger partial charge in [0.1, 0.15) is 5.82 Å². The fourth-order valence-corrected chi connectivity index (χ4v) is 3.54. The van der Waals surface area contributed by atoms with Crippen molar-refractivity contribution in [1.29, 1.82) is 0 Å². The molecular formula is C23H16FN3O. The van der Waals surface area contributed by atoms with Crippen molar-refractivity contribution in [2.75, 3.05) is 0 Å². The first-order chi connectivity index (χ1) is 13.7. The molecular weight excluding hydrogens is 353 g/mol. The van der Waals surface area contributed by atoms with Crippen LogP contribution in [-0.2, 0) is 6.54 Å². The number of nitrogens with one attached hydrogen (secondary N) is 1. The predicted molar refractivity (Wildman–Crippen MR) is 109 cm³/mol. The summed E-state index contributed by atoms with van der Waals surface area (Å²) in [5.41, 5.74) is 4.41. The maximum Gasteiger partial charge on any atom is 0.269 e. The van der Waals surface area contributed by atoms with Gasteiger partial charge >= 0.3 is 0 Å². The lowest BCUT2D eigenvalue weighted by Crippen LogP contribution is -2.21. The van der Waals surface area contributed by atoms with E-state index in [0.717, 1.165) is 22.0 Å². The number of hydrogen-bond donors (Lipinski definition) is 1. The highest BCUT2D eigenvalue weighted by Gasteiger charge is 2.10. The molecule has 5 rings (SSSR count). The van der Waals surface area contributed by atoms with Gasteiger partial charge in [-0.25, -0.2) is 9.37 Å². The van der Waals surface area contributed by atoms with Gasteiger partial charge in [0, 0.05) is 17.3 Å². The van der Waals surface area contributed by atoms with E-state index < -0.39 is 0 Å². The Kier molecular flexibility index (Phi) is 3.79. The normalized spacial score (nSPS) is 11.3. The monoisotopic (exact) mass is 369 g/mol. The van der Waals surface area contributed by atoms with Crippen molar-refractivity contribution >= 4 is 21.9 Å². The molecule has 0 radical (unpaired) electrons. The van der Waals surface area contributed by atoms with Crippen molar-refractivity contribution < 1.29 is 4.39 Å². The van der Waals surface area contributed by atoms with Gasteiger partial charge in [-0.2, -0.15) is 0 Å². The summed E-state index contributed by atoms with van der Waals surface area (Å²) in [5.74, 6) is -0.334. The average Bonchev–Trinajstić information content (AvgIpc) is 3.19. The molecule has 5 aromatic rings. The van der Waals surface area contributed by atoms with Crippen molar-refractivity contribution in [1.82, 2.24) is 14.5 Å². The molecule has 0 saturated heterocycles. The Morgan fingerprint density at radius 3 is 2.68 bits per heavy atom. The van der Waals surface area contributed by atoms with Crippen LogP contribution < -0.4 is 5.56 Å². The van der Waals surface area contributed by atoms with Crippen LogP contribution in [0.4, 0.5) is 4.39 Å². The highest BCUT2D eigenvalue weighted by molar-refractivity contribution is 5.85. The Balaban J connectivity index is 1.54. The second-order valence-corrected chi connectivity index (χ2v) is 6.76. The summed E-state index contributed by atoms with van der Waals surface area (Å²) >= 11 is 0. The Bertz CT molecular complexity index is 1380. The molecule has 0 aliphatic carbocycles. The van der Waals surface area contributed by atoms with Gasteiger partial charge in [-0.15, -0.1) is 0 Å². The van der Waals surface area contributed by atoms with E-state index >= 15 is 0 Å². The van der Waals surface area contributed by atoms with Crippen molar-refractivity contribution in [2.24, 2.45) is 0 Å². The predicted octanol–water partition coefficient (Wildman–Crippen LogP) is 4.73. The lowest BCUT2D eigenvalue weighted by Gasteiger charge is -2.11. The first kappa shape index (κ1) is 16.4. The Morgan fingerprint density at radius 2 is 1.79 bits per heavy atom. The number of benzene rings is 3. The molecule has 0 aliphatic heterocycles. The quantitative estimate of drug-likeness (QED) is 0.500.